The lowest BCUT2D eigenvalue weighted by Gasteiger charge is -2.09. The number of aliphatic hydroxyl groups is 1. The molecule has 0 aromatic heterocycles. The Bertz CT molecular complexity index is 556. The number of anilines is 1. The van der Waals surface area contributed by atoms with Gasteiger partial charge in [0.2, 0.25) is 10.0 Å². The third-order valence-corrected chi connectivity index (χ3v) is 3.89. The van der Waals surface area contributed by atoms with Crippen molar-refractivity contribution in [2.45, 2.75) is 11.3 Å². The molecule has 0 saturated carbocycles. The standard InChI is InChI=1S/C11H16N2O5S/c1-12-10-4-3-8(7-9(10)11(15)16)19(17,18)13-5-2-6-14/h3-4,7,12-14H,2,5-6H2,1H3,(H,15,16). The molecule has 0 aliphatic heterocycles. The van der Waals surface area contributed by atoms with Crippen LogP contribution in [0.2, 0.25) is 0 Å². The number of rotatable bonds is 7. The van der Waals surface area contributed by atoms with Crippen LogP contribution in [-0.2, 0) is 10.0 Å². The maximum absolute atomic E-state index is 11.9. The van der Waals surface area contributed by atoms with E-state index < -0.39 is 16.0 Å². The Hall–Kier alpha value is -1.64. The van der Waals surface area contributed by atoms with Gasteiger partial charge in [0, 0.05) is 25.9 Å². The fourth-order valence-corrected chi connectivity index (χ4v) is 2.55. The normalized spacial score (nSPS) is 11.3. The van der Waals surface area contributed by atoms with E-state index >= 15 is 0 Å². The zero-order valence-electron chi connectivity index (χ0n) is 10.4. The van der Waals surface area contributed by atoms with E-state index in [1.807, 2.05) is 0 Å². The third-order valence-electron chi connectivity index (χ3n) is 2.43. The van der Waals surface area contributed by atoms with Crippen molar-refractivity contribution >= 4 is 21.7 Å². The number of aliphatic hydroxyl groups excluding tert-OH is 1. The molecule has 4 N–H and O–H groups in total. The van der Waals surface area contributed by atoms with Gasteiger partial charge in [-0.2, -0.15) is 0 Å². The highest BCUT2D eigenvalue weighted by atomic mass is 32.2. The van der Waals surface area contributed by atoms with E-state index in [1.54, 1.807) is 7.05 Å². The maximum atomic E-state index is 11.9. The SMILES string of the molecule is CNc1ccc(S(=O)(=O)NCCCO)cc1C(=O)O. The number of nitrogens with one attached hydrogen (secondary N) is 2. The lowest BCUT2D eigenvalue weighted by molar-refractivity contribution is 0.0697. The summed E-state index contributed by atoms with van der Waals surface area (Å²) in [4.78, 5) is 10.9. The second-order valence-electron chi connectivity index (χ2n) is 3.74. The maximum Gasteiger partial charge on any atom is 0.337 e. The van der Waals surface area contributed by atoms with Crippen LogP contribution in [0.4, 0.5) is 5.69 Å². The predicted molar refractivity (Wildman–Crippen MR) is 69.8 cm³/mol. The number of carboxylic acid groups (broad SMARTS) is 1. The fourth-order valence-electron chi connectivity index (χ4n) is 1.45. The van der Waals surface area contributed by atoms with Crippen molar-refractivity contribution < 1.29 is 23.4 Å². The highest BCUT2D eigenvalue weighted by Gasteiger charge is 2.18. The average Bonchev–Trinajstić information content (AvgIpc) is 2.38. The predicted octanol–water partition coefficient (Wildman–Crippen LogP) is 0.0872. The van der Waals surface area contributed by atoms with Crippen molar-refractivity contribution in [3.05, 3.63) is 23.8 Å². The smallest absolute Gasteiger partial charge is 0.337 e. The van der Waals surface area contributed by atoms with E-state index in [2.05, 4.69) is 10.0 Å². The highest BCUT2D eigenvalue weighted by molar-refractivity contribution is 7.89. The molecule has 0 heterocycles. The number of carboxylic acids is 1. The summed E-state index contributed by atoms with van der Waals surface area (Å²) in [7, 11) is -2.21. The van der Waals surface area contributed by atoms with Crippen molar-refractivity contribution in [1.82, 2.24) is 4.72 Å². The summed E-state index contributed by atoms with van der Waals surface area (Å²) in [5.41, 5.74) is 0.217. The molecule has 0 unspecified atom stereocenters. The van der Waals surface area contributed by atoms with Gasteiger partial charge < -0.3 is 15.5 Å². The topological polar surface area (TPSA) is 116 Å². The first-order valence-electron chi connectivity index (χ1n) is 5.58. The Balaban J connectivity index is 3.07. The van der Waals surface area contributed by atoms with E-state index in [1.165, 1.54) is 12.1 Å². The summed E-state index contributed by atoms with van der Waals surface area (Å²) < 4.78 is 26.0. The number of hydrogen-bond acceptors (Lipinski definition) is 5. The Kier molecular flexibility index (Phi) is 5.28. The summed E-state index contributed by atoms with van der Waals surface area (Å²) in [5, 5.41) is 20.3. The molecule has 0 aliphatic rings. The summed E-state index contributed by atoms with van der Waals surface area (Å²) >= 11 is 0. The van der Waals surface area contributed by atoms with Crippen LogP contribution >= 0.6 is 0 Å². The van der Waals surface area contributed by atoms with E-state index in [0.717, 1.165) is 6.07 Å². The summed E-state index contributed by atoms with van der Waals surface area (Å²) in [6.45, 7) is -0.0311. The molecule has 0 spiro atoms. The van der Waals surface area contributed by atoms with Gasteiger partial charge in [-0.1, -0.05) is 0 Å². The van der Waals surface area contributed by atoms with Gasteiger partial charge in [0.15, 0.2) is 0 Å². The zero-order chi connectivity index (χ0) is 14.5. The summed E-state index contributed by atoms with van der Waals surface area (Å²) in [6.07, 6.45) is 0.291. The Morgan fingerprint density at radius 1 is 1.37 bits per heavy atom. The molecule has 0 atom stereocenters. The second kappa shape index (κ2) is 6.50. The van der Waals surface area contributed by atoms with Crippen LogP contribution in [0.3, 0.4) is 0 Å². The van der Waals surface area contributed by atoms with E-state index in [0.29, 0.717) is 12.1 Å². The lowest BCUT2D eigenvalue weighted by Crippen LogP contribution is -2.25. The number of hydrogen-bond donors (Lipinski definition) is 4. The largest absolute Gasteiger partial charge is 0.478 e. The Morgan fingerprint density at radius 2 is 2.05 bits per heavy atom. The molecule has 0 amide bonds. The molecule has 0 saturated heterocycles. The first-order valence-corrected chi connectivity index (χ1v) is 7.06. The molecule has 0 aliphatic carbocycles. The molecule has 0 fully saturated rings. The van der Waals surface area contributed by atoms with Crippen LogP contribution < -0.4 is 10.0 Å². The quantitative estimate of drug-likeness (QED) is 0.528. The number of carbonyl (C=O) groups is 1. The molecule has 1 rings (SSSR count). The van der Waals surface area contributed by atoms with Crippen LogP contribution in [0.1, 0.15) is 16.8 Å². The van der Waals surface area contributed by atoms with Crippen LogP contribution in [-0.4, -0.2) is 44.8 Å². The lowest BCUT2D eigenvalue weighted by atomic mass is 10.2. The first-order chi connectivity index (χ1) is 8.92. The minimum absolute atomic E-state index is 0.0923. The van der Waals surface area contributed by atoms with Crippen molar-refractivity contribution in [2.75, 3.05) is 25.5 Å². The van der Waals surface area contributed by atoms with Crippen LogP contribution in [0.15, 0.2) is 23.1 Å². The molecular formula is C11H16N2O5S. The van der Waals surface area contributed by atoms with E-state index in [9.17, 15) is 13.2 Å². The number of benzene rings is 1. The van der Waals surface area contributed by atoms with Gasteiger partial charge >= 0.3 is 5.97 Å². The van der Waals surface area contributed by atoms with Gasteiger partial charge in [0.05, 0.1) is 10.5 Å². The summed E-state index contributed by atoms with van der Waals surface area (Å²) in [5.74, 6) is -1.21. The fraction of sp³-hybridized carbons (Fsp3) is 0.364. The van der Waals surface area contributed by atoms with Gasteiger partial charge in [-0.05, 0) is 24.6 Å². The molecule has 0 bridgehead atoms. The van der Waals surface area contributed by atoms with Crippen molar-refractivity contribution in [2.24, 2.45) is 0 Å². The zero-order valence-corrected chi connectivity index (χ0v) is 11.2. The van der Waals surface area contributed by atoms with Crippen LogP contribution in [0, 0.1) is 0 Å². The minimum atomic E-state index is -3.77. The van der Waals surface area contributed by atoms with Crippen molar-refractivity contribution in [3.63, 3.8) is 0 Å². The molecule has 106 valence electrons. The molecule has 7 nitrogen and oxygen atoms in total. The van der Waals surface area contributed by atoms with E-state index in [-0.39, 0.29) is 23.6 Å². The third kappa shape index (κ3) is 3.91. The second-order valence-corrected chi connectivity index (χ2v) is 5.50. The van der Waals surface area contributed by atoms with Gasteiger partial charge in [-0.25, -0.2) is 17.9 Å². The first kappa shape index (κ1) is 15.4. The van der Waals surface area contributed by atoms with Gasteiger partial charge in [-0.15, -0.1) is 0 Å². The van der Waals surface area contributed by atoms with Crippen molar-refractivity contribution in [3.8, 4) is 0 Å². The van der Waals surface area contributed by atoms with Crippen molar-refractivity contribution in [1.29, 1.82) is 0 Å². The minimum Gasteiger partial charge on any atom is -0.478 e. The average molecular weight is 288 g/mol. The molecular weight excluding hydrogens is 272 g/mol. The molecule has 8 heteroatoms. The van der Waals surface area contributed by atoms with Gasteiger partial charge in [0.1, 0.15) is 0 Å². The number of sulfonamides is 1. The Labute approximate surface area is 111 Å². The molecule has 0 radical (unpaired) electrons. The molecule has 19 heavy (non-hydrogen) atoms. The van der Waals surface area contributed by atoms with Gasteiger partial charge in [-0.3, -0.25) is 0 Å². The molecule has 1 aromatic rings. The highest BCUT2D eigenvalue weighted by Crippen LogP contribution is 2.20. The number of aromatic carboxylic acids is 1. The molecule has 1 aromatic carbocycles. The van der Waals surface area contributed by atoms with Gasteiger partial charge in [0.25, 0.3) is 0 Å². The Morgan fingerprint density at radius 3 is 2.58 bits per heavy atom. The monoisotopic (exact) mass is 288 g/mol. The summed E-state index contributed by atoms with van der Waals surface area (Å²) in [6, 6.07) is 3.80. The van der Waals surface area contributed by atoms with Crippen LogP contribution in [0.5, 0.6) is 0 Å². The van der Waals surface area contributed by atoms with Crippen LogP contribution in [0.25, 0.3) is 0 Å². The van der Waals surface area contributed by atoms with E-state index in [4.69, 9.17) is 10.2 Å².